The molecule has 0 aliphatic rings. The number of carbonyl (C=O) groups is 1. The molecular weight excluding hydrogens is 324 g/mol. The van der Waals surface area contributed by atoms with Crippen LogP contribution in [0.3, 0.4) is 0 Å². The van der Waals surface area contributed by atoms with E-state index < -0.39 is 6.03 Å². The molecule has 24 heavy (non-hydrogen) atoms. The second-order valence-electron chi connectivity index (χ2n) is 5.47. The van der Waals surface area contributed by atoms with Crippen LogP contribution in [0.1, 0.15) is 0 Å². The first kappa shape index (κ1) is 14.5. The smallest absolute Gasteiger partial charge is 0.323 e. The van der Waals surface area contributed by atoms with Crippen LogP contribution >= 0.6 is 11.6 Å². The van der Waals surface area contributed by atoms with Crippen LogP contribution in [0.25, 0.3) is 33.3 Å². The van der Waals surface area contributed by atoms with Crippen LogP contribution in [-0.2, 0) is 0 Å². The number of hydrogen-bond donors (Lipinski definition) is 2. The topological polar surface area (TPSA) is 76.7 Å². The van der Waals surface area contributed by atoms with Crippen molar-refractivity contribution in [3.63, 3.8) is 0 Å². The highest BCUT2D eigenvalue weighted by atomic mass is 35.5. The summed E-state index contributed by atoms with van der Waals surface area (Å²) in [7, 11) is 0. The third kappa shape index (κ3) is 2.35. The monoisotopic (exact) mass is 336 g/mol. The number of halogens is 1. The number of amides is 1. The molecule has 0 unspecified atom stereocenters. The summed E-state index contributed by atoms with van der Waals surface area (Å²) in [4.78, 5) is 12.0. The number of carbonyl (C=O) groups excluding carboxylic acids is 1. The van der Waals surface area contributed by atoms with Gasteiger partial charge in [-0.25, -0.2) is 4.79 Å². The van der Waals surface area contributed by atoms with E-state index in [4.69, 9.17) is 17.3 Å². The first-order valence-corrected chi connectivity index (χ1v) is 7.72. The van der Waals surface area contributed by atoms with Crippen molar-refractivity contribution >= 4 is 28.5 Å². The SMILES string of the molecule is NC(=O)n1c(-c2cccc(Cl)c2)cc2cc(-c3cn[nH]c3)ccc21. The number of nitrogens with zero attached hydrogens (tertiary/aromatic N) is 2. The molecule has 4 rings (SSSR count). The van der Waals surface area contributed by atoms with E-state index in [1.165, 1.54) is 4.57 Å². The van der Waals surface area contributed by atoms with Gasteiger partial charge in [-0.05, 0) is 35.9 Å². The Morgan fingerprint density at radius 3 is 2.67 bits per heavy atom. The van der Waals surface area contributed by atoms with Gasteiger partial charge < -0.3 is 5.73 Å². The van der Waals surface area contributed by atoms with Gasteiger partial charge in [0.05, 0.1) is 17.4 Å². The molecule has 0 atom stereocenters. The van der Waals surface area contributed by atoms with Gasteiger partial charge in [-0.15, -0.1) is 0 Å². The summed E-state index contributed by atoms with van der Waals surface area (Å²) in [6.07, 6.45) is 3.58. The quantitative estimate of drug-likeness (QED) is 0.573. The lowest BCUT2D eigenvalue weighted by Crippen LogP contribution is -2.20. The molecule has 0 aliphatic carbocycles. The van der Waals surface area contributed by atoms with E-state index in [1.54, 1.807) is 12.3 Å². The minimum atomic E-state index is -0.531. The maximum Gasteiger partial charge on any atom is 0.323 e. The second kappa shape index (κ2) is 5.54. The van der Waals surface area contributed by atoms with Crippen LogP contribution in [-0.4, -0.2) is 20.8 Å². The highest BCUT2D eigenvalue weighted by Crippen LogP contribution is 2.32. The number of rotatable bonds is 2. The summed E-state index contributed by atoms with van der Waals surface area (Å²) >= 11 is 6.08. The normalized spacial score (nSPS) is 11.0. The van der Waals surface area contributed by atoms with Gasteiger partial charge in [-0.1, -0.05) is 29.8 Å². The minimum Gasteiger partial charge on any atom is -0.351 e. The van der Waals surface area contributed by atoms with E-state index in [0.29, 0.717) is 10.7 Å². The number of nitrogens with one attached hydrogen (secondary N) is 1. The summed E-state index contributed by atoms with van der Waals surface area (Å²) < 4.78 is 1.50. The van der Waals surface area contributed by atoms with Crippen LogP contribution in [0.5, 0.6) is 0 Å². The number of aromatic amines is 1. The van der Waals surface area contributed by atoms with Gasteiger partial charge in [0.2, 0.25) is 0 Å². The predicted molar refractivity (Wildman–Crippen MR) is 94.9 cm³/mol. The van der Waals surface area contributed by atoms with Crippen LogP contribution < -0.4 is 5.73 Å². The number of hydrogen-bond acceptors (Lipinski definition) is 2. The molecule has 2 aromatic carbocycles. The molecule has 4 aromatic rings. The third-order valence-corrected chi connectivity index (χ3v) is 4.21. The van der Waals surface area contributed by atoms with Crippen LogP contribution in [0.2, 0.25) is 5.02 Å². The zero-order valence-corrected chi connectivity index (χ0v) is 13.3. The maximum absolute atomic E-state index is 12.0. The summed E-state index contributed by atoms with van der Waals surface area (Å²) in [5, 5.41) is 8.29. The van der Waals surface area contributed by atoms with E-state index in [2.05, 4.69) is 10.2 Å². The molecule has 2 heterocycles. The van der Waals surface area contributed by atoms with Crippen molar-refractivity contribution in [1.82, 2.24) is 14.8 Å². The van der Waals surface area contributed by atoms with Gasteiger partial charge in [0.25, 0.3) is 0 Å². The summed E-state index contributed by atoms with van der Waals surface area (Å²) in [5.41, 5.74) is 9.90. The summed E-state index contributed by atoms with van der Waals surface area (Å²) in [5.74, 6) is 0. The Bertz CT molecular complexity index is 1050. The Balaban J connectivity index is 1.96. The molecule has 0 saturated carbocycles. The van der Waals surface area contributed by atoms with Crippen molar-refractivity contribution in [3.05, 3.63) is 65.9 Å². The fourth-order valence-electron chi connectivity index (χ4n) is 2.90. The van der Waals surface area contributed by atoms with Crippen molar-refractivity contribution in [2.75, 3.05) is 0 Å². The molecule has 0 bridgehead atoms. The molecule has 0 aliphatic heterocycles. The molecule has 3 N–H and O–H groups in total. The van der Waals surface area contributed by atoms with E-state index >= 15 is 0 Å². The van der Waals surface area contributed by atoms with Gasteiger partial charge in [0.1, 0.15) is 0 Å². The first-order valence-electron chi connectivity index (χ1n) is 7.34. The number of benzene rings is 2. The van der Waals surface area contributed by atoms with Crippen molar-refractivity contribution in [2.24, 2.45) is 5.73 Å². The Morgan fingerprint density at radius 1 is 1.08 bits per heavy atom. The molecule has 0 radical (unpaired) electrons. The lowest BCUT2D eigenvalue weighted by atomic mass is 10.1. The fourth-order valence-corrected chi connectivity index (χ4v) is 3.09. The zero-order chi connectivity index (χ0) is 16.7. The van der Waals surface area contributed by atoms with Gasteiger partial charge >= 0.3 is 6.03 Å². The van der Waals surface area contributed by atoms with Crippen LogP contribution in [0.15, 0.2) is 60.9 Å². The molecule has 2 aromatic heterocycles. The van der Waals surface area contributed by atoms with E-state index in [-0.39, 0.29) is 0 Å². The average molecular weight is 337 g/mol. The molecule has 0 spiro atoms. The zero-order valence-electron chi connectivity index (χ0n) is 12.5. The largest absolute Gasteiger partial charge is 0.351 e. The molecule has 0 saturated heterocycles. The average Bonchev–Trinajstić information content (AvgIpc) is 3.21. The highest BCUT2D eigenvalue weighted by molar-refractivity contribution is 6.30. The van der Waals surface area contributed by atoms with Gasteiger partial charge in [0.15, 0.2) is 0 Å². The standard InChI is InChI=1S/C18H13ClN4O/c19-15-3-1-2-12(7-15)17-8-13-6-11(14-9-21-22-10-14)4-5-16(13)23(17)18(20)24/h1-10H,(H2,20,24)(H,21,22). The number of H-pyrrole nitrogens is 1. The van der Waals surface area contributed by atoms with E-state index in [1.807, 2.05) is 48.7 Å². The summed E-state index contributed by atoms with van der Waals surface area (Å²) in [6, 6.07) is 14.6. The lowest BCUT2D eigenvalue weighted by Gasteiger charge is -2.07. The van der Waals surface area contributed by atoms with E-state index in [0.717, 1.165) is 27.6 Å². The van der Waals surface area contributed by atoms with Crippen LogP contribution in [0, 0.1) is 0 Å². The molecule has 1 amide bonds. The van der Waals surface area contributed by atoms with Gasteiger partial charge in [0, 0.05) is 27.7 Å². The van der Waals surface area contributed by atoms with Crippen molar-refractivity contribution in [2.45, 2.75) is 0 Å². The number of aromatic nitrogens is 3. The molecule has 5 nitrogen and oxygen atoms in total. The number of nitrogens with two attached hydrogens (primary N) is 1. The Labute approximate surface area is 142 Å². The van der Waals surface area contributed by atoms with E-state index in [9.17, 15) is 4.79 Å². The Morgan fingerprint density at radius 2 is 1.96 bits per heavy atom. The van der Waals surface area contributed by atoms with Gasteiger partial charge in [-0.2, -0.15) is 5.10 Å². The minimum absolute atomic E-state index is 0.531. The van der Waals surface area contributed by atoms with Crippen molar-refractivity contribution in [1.29, 1.82) is 0 Å². The Kier molecular flexibility index (Phi) is 3.36. The molecule has 118 valence electrons. The van der Waals surface area contributed by atoms with Crippen molar-refractivity contribution < 1.29 is 4.79 Å². The predicted octanol–water partition coefficient (Wildman–Crippen LogP) is 4.28. The summed E-state index contributed by atoms with van der Waals surface area (Å²) in [6.45, 7) is 0. The molecule has 0 fully saturated rings. The molecule has 6 heteroatoms. The van der Waals surface area contributed by atoms with Crippen LogP contribution in [0.4, 0.5) is 4.79 Å². The lowest BCUT2D eigenvalue weighted by molar-refractivity contribution is 0.251. The fraction of sp³-hybridized carbons (Fsp3) is 0. The second-order valence-corrected chi connectivity index (χ2v) is 5.91. The highest BCUT2D eigenvalue weighted by Gasteiger charge is 2.15. The van der Waals surface area contributed by atoms with Gasteiger partial charge in [-0.3, -0.25) is 9.67 Å². The number of primary amides is 1. The van der Waals surface area contributed by atoms with Crippen molar-refractivity contribution in [3.8, 4) is 22.4 Å². The maximum atomic E-state index is 12.0. The third-order valence-electron chi connectivity index (χ3n) is 3.97. The first-order chi connectivity index (χ1) is 11.6. The molecular formula is C18H13ClN4O. The number of fused-ring (bicyclic) bond motifs is 1. The Hall–Kier alpha value is -3.05.